The Kier molecular flexibility index (Phi) is 6.99. The molecule has 0 aliphatic carbocycles. The molecule has 0 heterocycles. The van der Waals surface area contributed by atoms with E-state index in [1.165, 1.54) is 28.6 Å². The second-order valence-corrected chi connectivity index (χ2v) is 9.07. The first kappa shape index (κ1) is 20.6. The summed E-state index contributed by atoms with van der Waals surface area (Å²) in [6, 6.07) is 11.0. The van der Waals surface area contributed by atoms with Gasteiger partial charge in [0.15, 0.2) is 0 Å². The molecule has 0 unspecified atom stereocenters. The summed E-state index contributed by atoms with van der Waals surface area (Å²) in [5, 5.41) is 2.84. The fourth-order valence-electron chi connectivity index (χ4n) is 2.46. The fourth-order valence-corrected chi connectivity index (χ4v) is 4.07. The molecular formula is C18H20FIN2O3S. The Hall–Kier alpha value is -1.68. The Balaban J connectivity index is 1.96. The first-order valence-electron chi connectivity index (χ1n) is 7.96. The van der Waals surface area contributed by atoms with Crippen molar-refractivity contribution in [3.8, 4) is 0 Å². The van der Waals surface area contributed by atoms with Gasteiger partial charge in [-0.05, 0) is 84.0 Å². The van der Waals surface area contributed by atoms with Crippen LogP contribution in [0.5, 0.6) is 0 Å². The van der Waals surface area contributed by atoms with E-state index >= 15 is 0 Å². The smallest absolute Gasteiger partial charge is 0.232 e. The number of halogens is 2. The van der Waals surface area contributed by atoms with Crippen LogP contribution < -0.4 is 9.62 Å². The first-order chi connectivity index (χ1) is 12.2. The van der Waals surface area contributed by atoms with E-state index in [9.17, 15) is 17.6 Å². The van der Waals surface area contributed by atoms with Crippen molar-refractivity contribution in [1.82, 2.24) is 0 Å². The standard InChI is InChI=1S/C18H20FIN2O3S/c1-13-12-15(20)7-10-17(13)21-18(23)4-3-11-22(26(2,24)25)16-8-5-14(19)6-9-16/h5-10,12H,3-4,11H2,1-2H3,(H,21,23). The lowest BCUT2D eigenvalue weighted by Crippen LogP contribution is -2.31. The average Bonchev–Trinajstić information content (AvgIpc) is 2.54. The van der Waals surface area contributed by atoms with Gasteiger partial charge >= 0.3 is 0 Å². The van der Waals surface area contributed by atoms with Gasteiger partial charge < -0.3 is 5.32 Å². The van der Waals surface area contributed by atoms with Crippen LogP contribution >= 0.6 is 22.6 Å². The number of amides is 1. The van der Waals surface area contributed by atoms with E-state index in [0.29, 0.717) is 12.1 Å². The van der Waals surface area contributed by atoms with Crippen molar-refractivity contribution in [3.05, 3.63) is 57.4 Å². The Labute approximate surface area is 166 Å². The van der Waals surface area contributed by atoms with Crippen LogP contribution in [0, 0.1) is 16.3 Å². The normalized spacial score (nSPS) is 11.2. The van der Waals surface area contributed by atoms with Crippen LogP contribution in [0.25, 0.3) is 0 Å². The van der Waals surface area contributed by atoms with Crippen molar-refractivity contribution in [2.75, 3.05) is 22.4 Å². The molecule has 5 nitrogen and oxygen atoms in total. The number of hydrogen-bond acceptors (Lipinski definition) is 3. The molecule has 0 aliphatic heterocycles. The molecule has 26 heavy (non-hydrogen) atoms. The number of aryl methyl sites for hydroxylation is 1. The van der Waals surface area contributed by atoms with E-state index in [1.54, 1.807) is 0 Å². The molecule has 0 radical (unpaired) electrons. The van der Waals surface area contributed by atoms with Crippen molar-refractivity contribution in [2.45, 2.75) is 19.8 Å². The van der Waals surface area contributed by atoms with Crippen LogP contribution in [-0.2, 0) is 14.8 Å². The molecule has 0 fully saturated rings. The minimum atomic E-state index is -3.52. The molecule has 1 N–H and O–H groups in total. The molecule has 0 aliphatic rings. The fraction of sp³-hybridized carbons (Fsp3) is 0.278. The predicted octanol–water partition coefficient (Wildman–Crippen LogP) is 3.92. The quantitative estimate of drug-likeness (QED) is 0.599. The van der Waals surface area contributed by atoms with Gasteiger partial charge in [-0.1, -0.05) is 0 Å². The average molecular weight is 490 g/mol. The van der Waals surface area contributed by atoms with Crippen molar-refractivity contribution in [1.29, 1.82) is 0 Å². The number of carbonyl (C=O) groups excluding carboxylic acids is 1. The lowest BCUT2D eigenvalue weighted by molar-refractivity contribution is -0.116. The summed E-state index contributed by atoms with van der Waals surface area (Å²) in [6.07, 6.45) is 1.61. The second kappa shape index (κ2) is 8.81. The predicted molar refractivity (Wildman–Crippen MR) is 110 cm³/mol. The Morgan fingerprint density at radius 2 is 1.85 bits per heavy atom. The molecule has 2 aromatic rings. The lowest BCUT2D eigenvalue weighted by Gasteiger charge is -2.22. The molecule has 1 amide bonds. The maximum atomic E-state index is 13.0. The van der Waals surface area contributed by atoms with Gasteiger partial charge in [-0.15, -0.1) is 0 Å². The van der Waals surface area contributed by atoms with Crippen LogP contribution in [0.15, 0.2) is 42.5 Å². The number of nitrogens with one attached hydrogen (secondary N) is 1. The van der Waals surface area contributed by atoms with Crippen LogP contribution in [0.4, 0.5) is 15.8 Å². The molecule has 0 atom stereocenters. The molecular weight excluding hydrogens is 470 g/mol. The van der Waals surface area contributed by atoms with E-state index < -0.39 is 15.8 Å². The topological polar surface area (TPSA) is 66.5 Å². The number of rotatable bonds is 7. The highest BCUT2D eigenvalue weighted by molar-refractivity contribution is 14.1. The maximum Gasteiger partial charge on any atom is 0.232 e. The Bertz CT molecular complexity index is 886. The zero-order chi connectivity index (χ0) is 19.3. The van der Waals surface area contributed by atoms with Crippen LogP contribution in [0.3, 0.4) is 0 Å². The minimum Gasteiger partial charge on any atom is -0.326 e. The third-order valence-corrected chi connectivity index (χ3v) is 5.61. The molecule has 0 spiro atoms. The molecule has 0 bridgehead atoms. The highest BCUT2D eigenvalue weighted by Crippen LogP contribution is 2.20. The Morgan fingerprint density at radius 1 is 1.19 bits per heavy atom. The molecule has 8 heteroatoms. The number of nitrogens with zero attached hydrogens (tertiary/aromatic N) is 1. The molecule has 140 valence electrons. The molecule has 2 rings (SSSR count). The summed E-state index contributed by atoms with van der Waals surface area (Å²) in [4.78, 5) is 12.1. The van der Waals surface area contributed by atoms with E-state index in [-0.39, 0.29) is 18.9 Å². The van der Waals surface area contributed by atoms with Gasteiger partial charge in [-0.2, -0.15) is 0 Å². The zero-order valence-corrected chi connectivity index (χ0v) is 17.5. The van der Waals surface area contributed by atoms with E-state index in [0.717, 1.165) is 21.1 Å². The van der Waals surface area contributed by atoms with Crippen molar-refractivity contribution in [2.24, 2.45) is 0 Å². The van der Waals surface area contributed by atoms with E-state index in [1.807, 2.05) is 25.1 Å². The third-order valence-electron chi connectivity index (χ3n) is 3.74. The third kappa shape index (κ3) is 5.94. The van der Waals surface area contributed by atoms with Gasteiger partial charge in [-0.3, -0.25) is 9.10 Å². The number of benzene rings is 2. The first-order valence-corrected chi connectivity index (χ1v) is 10.9. The lowest BCUT2D eigenvalue weighted by atomic mass is 10.2. The van der Waals surface area contributed by atoms with Crippen molar-refractivity contribution < 1.29 is 17.6 Å². The van der Waals surface area contributed by atoms with Gasteiger partial charge in [0.1, 0.15) is 5.82 Å². The highest BCUT2D eigenvalue weighted by atomic mass is 127. The van der Waals surface area contributed by atoms with Crippen LogP contribution in [-0.4, -0.2) is 27.1 Å². The SMILES string of the molecule is Cc1cc(I)ccc1NC(=O)CCCN(c1ccc(F)cc1)S(C)(=O)=O. The van der Waals surface area contributed by atoms with Crippen molar-refractivity contribution >= 4 is 49.9 Å². The summed E-state index contributed by atoms with van der Waals surface area (Å²) in [6.45, 7) is 2.06. The summed E-state index contributed by atoms with van der Waals surface area (Å²) >= 11 is 2.20. The summed E-state index contributed by atoms with van der Waals surface area (Å²) in [5.74, 6) is -0.615. The molecule has 0 saturated heterocycles. The number of hydrogen-bond donors (Lipinski definition) is 1. The van der Waals surface area contributed by atoms with Crippen molar-refractivity contribution in [3.63, 3.8) is 0 Å². The van der Waals surface area contributed by atoms with Crippen LogP contribution in [0.1, 0.15) is 18.4 Å². The monoisotopic (exact) mass is 490 g/mol. The molecule has 0 aromatic heterocycles. The van der Waals surface area contributed by atoms with Gasteiger partial charge in [0.2, 0.25) is 15.9 Å². The van der Waals surface area contributed by atoms with Crippen LogP contribution in [0.2, 0.25) is 0 Å². The highest BCUT2D eigenvalue weighted by Gasteiger charge is 2.17. The number of anilines is 2. The van der Waals surface area contributed by atoms with E-state index in [2.05, 4.69) is 27.9 Å². The maximum absolute atomic E-state index is 13.0. The zero-order valence-electron chi connectivity index (χ0n) is 14.5. The summed E-state index contributed by atoms with van der Waals surface area (Å²) < 4.78 is 39.3. The molecule has 0 saturated carbocycles. The Morgan fingerprint density at radius 3 is 2.42 bits per heavy atom. The number of sulfonamides is 1. The van der Waals surface area contributed by atoms with Gasteiger partial charge in [0.05, 0.1) is 11.9 Å². The summed E-state index contributed by atoms with van der Waals surface area (Å²) in [7, 11) is -3.52. The second-order valence-electron chi connectivity index (χ2n) is 5.92. The van der Waals surface area contributed by atoms with Gasteiger partial charge in [0.25, 0.3) is 0 Å². The molecule has 2 aromatic carbocycles. The number of carbonyl (C=O) groups is 1. The largest absolute Gasteiger partial charge is 0.326 e. The minimum absolute atomic E-state index is 0.142. The van der Waals surface area contributed by atoms with E-state index in [4.69, 9.17) is 0 Å². The van der Waals surface area contributed by atoms with Gasteiger partial charge in [0, 0.05) is 22.2 Å². The van der Waals surface area contributed by atoms with Gasteiger partial charge in [-0.25, -0.2) is 12.8 Å². The summed E-state index contributed by atoms with van der Waals surface area (Å²) in [5.41, 5.74) is 2.09.